The maximum Gasteiger partial charge on any atom is 0.314 e. The molecule has 0 aromatic rings. The lowest BCUT2D eigenvalue weighted by atomic mass is 9.42. The fraction of sp³-hybridized carbons (Fsp3) is 0.948. The number of esters is 1. The number of carbonyl (C=O) groups excluding carboxylic acids is 1. The van der Waals surface area contributed by atoms with E-state index >= 15 is 4.79 Å². The van der Waals surface area contributed by atoms with Crippen LogP contribution in [0.25, 0.3) is 0 Å². The van der Waals surface area contributed by atoms with Crippen LogP contribution < -0.4 is 0 Å². The first-order chi connectivity index (χ1) is 41.9. The fourth-order valence-electron chi connectivity index (χ4n) is 16.2. The highest BCUT2D eigenvalue weighted by Crippen LogP contribution is 2.69. The molecule has 0 aromatic heterocycles. The van der Waals surface area contributed by atoms with E-state index in [1.165, 1.54) is 6.92 Å². The molecular formula is C58H96O31. The van der Waals surface area contributed by atoms with Gasteiger partial charge >= 0.3 is 5.97 Å². The monoisotopic (exact) mass is 1290 g/mol. The van der Waals surface area contributed by atoms with Gasteiger partial charge in [0.1, 0.15) is 134 Å². The Morgan fingerprint density at radius 2 is 0.831 bits per heavy atom. The normalized spacial score (nSPS) is 54.1. The second-order valence-corrected chi connectivity index (χ2v) is 27.3. The minimum Gasteiger partial charge on any atom is -0.432 e. The summed E-state index contributed by atoms with van der Waals surface area (Å²) in [5.74, 6) is -1.37. The van der Waals surface area contributed by atoms with Crippen LogP contribution in [0.4, 0.5) is 0 Å². The Morgan fingerprint density at radius 3 is 1.31 bits per heavy atom. The highest BCUT2D eigenvalue weighted by atomic mass is 16.8. The second kappa shape index (κ2) is 28.0. The van der Waals surface area contributed by atoms with Crippen LogP contribution in [0, 0.1) is 33.5 Å². The van der Waals surface area contributed by atoms with Gasteiger partial charge in [0.25, 0.3) is 0 Å². The van der Waals surface area contributed by atoms with Crippen LogP contribution in [-0.4, -0.2) is 320 Å². The molecule has 6 heterocycles. The Balaban J connectivity index is 0.995. The molecule has 0 radical (unpaired) electrons. The Morgan fingerprint density at radius 1 is 0.438 bits per heavy atom. The number of hydrogen-bond donors (Lipinski definition) is 19. The lowest BCUT2D eigenvalue weighted by molar-refractivity contribution is -0.388. The number of allylic oxidation sites excluding steroid dienone is 1. The highest BCUT2D eigenvalue weighted by molar-refractivity contribution is 5.77. The van der Waals surface area contributed by atoms with Gasteiger partial charge in [0.05, 0.1) is 50.7 Å². The molecule has 19 N–H and O–H groups in total. The maximum absolute atomic E-state index is 15.4. The average molecular weight is 1290 g/mol. The molecule has 9 aliphatic rings. The van der Waals surface area contributed by atoms with E-state index in [0.29, 0.717) is 51.4 Å². The molecule has 3 aliphatic carbocycles. The topological polar surface area (TPSA) is 503 Å². The predicted octanol–water partition coefficient (Wildman–Crippen LogP) is -7.14. The number of aliphatic hydroxyl groups is 19. The molecule has 36 atom stereocenters. The van der Waals surface area contributed by atoms with E-state index in [4.69, 9.17) is 52.1 Å². The van der Waals surface area contributed by atoms with Gasteiger partial charge in [-0.25, -0.2) is 0 Å². The van der Waals surface area contributed by atoms with Gasteiger partial charge in [-0.05, 0) is 93.3 Å². The van der Waals surface area contributed by atoms with Gasteiger partial charge in [-0.1, -0.05) is 39.3 Å². The van der Waals surface area contributed by atoms with Gasteiger partial charge in [0.15, 0.2) is 31.3 Å². The van der Waals surface area contributed by atoms with Crippen molar-refractivity contribution in [3.63, 3.8) is 0 Å². The fourth-order valence-corrected chi connectivity index (χ4v) is 16.2. The molecule has 9 rings (SSSR count). The van der Waals surface area contributed by atoms with Gasteiger partial charge in [-0.3, -0.25) is 4.79 Å². The Bertz CT molecular complexity index is 2360. The van der Waals surface area contributed by atoms with Crippen molar-refractivity contribution in [2.24, 2.45) is 33.5 Å². The lowest BCUT2D eigenvalue weighted by Crippen LogP contribution is -2.67. The summed E-state index contributed by atoms with van der Waals surface area (Å²) in [4.78, 5) is 15.4. The Kier molecular flexibility index (Phi) is 22.5. The maximum atomic E-state index is 15.4. The van der Waals surface area contributed by atoms with Crippen LogP contribution in [0.2, 0.25) is 0 Å². The molecule has 3 saturated carbocycles. The van der Waals surface area contributed by atoms with Gasteiger partial charge < -0.3 is 149 Å². The van der Waals surface area contributed by atoms with Crippen LogP contribution in [0.5, 0.6) is 0 Å². The molecule has 6 saturated heterocycles. The number of aliphatic hydroxyl groups excluding tert-OH is 19. The third-order valence-corrected chi connectivity index (χ3v) is 21.7. The van der Waals surface area contributed by atoms with Gasteiger partial charge in [-0.15, -0.1) is 0 Å². The minimum absolute atomic E-state index is 0.0309. The molecular weight excluding hydrogens is 1190 g/mol. The molecule has 9 fully saturated rings. The van der Waals surface area contributed by atoms with Crippen LogP contribution in [0.15, 0.2) is 12.2 Å². The molecule has 0 bridgehead atoms. The van der Waals surface area contributed by atoms with Crippen LogP contribution in [0.1, 0.15) is 92.4 Å². The molecule has 89 heavy (non-hydrogen) atoms. The molecule has 31 heteroatoms. The number of ether oxygens (including phenoxy) is 11. The third-order valence-electron chi connectivity index (χ3n) is 21.7. The SMILES string of the molecule is C=C1C[C@@]2(C)CCC3[C@](C)(C(=O)OC4OC(CO)C(O)C(OC5OC(CO)C(O)C(O)C5O)C4OC4OC(CO)C(O)C(O)C4O)CCC[C@@]3(C)[C@@H]2CC[C@@]1(C)CC1OC(CO)C(O)C(OC2OC(CO)C(O)C(O)C2O)C1OC1OC(C)C(O)C(O)C1O. The summed E-state index contributed by atoms with van der Waals surface area (Å²) < 4.78 is 66.6. The standard InChI is InChI=1S/C58H96O31/c1-21-14-56(4)13-9-30-57(5,29(56)8-12-55(21,3)15-23-45(85-49-41(74)37(70)31(64)22(2)79-49)46(35(68)27(19-62)80-23)86-50-42(75)38(71)32(65)24(16-59)81-50)10-7-11-58(30,6)54(78)89-53-48(88-52-44(77)40(73)34(67)26(18-61)83-52)47(36(69)28(20-63)84-53)87-51-43(76)39(72)33(66)25(17-60)82-51/h22-53,59-77H,1,7-20H2,2-6H3/t22?,23?,24?,25?,26?,27?,28?,29-,30?,31?,32?,33?,34?,35?,36?,37?,38?,39?,40?,41?,42?,43?,44?,45?,46?,47?,48?,49?,50?,51?,52?,53?,55+,56-,57+,58-/m1/s1. The first-order valence-electron chi connectivity index (χ1n) is 30.9. The van der Waals surface area contributed by atoms with E-state index in [1.807, 2.05) is 6.92 Å². The van der Waals surface area contributed by atoms with E-state index < -0.39 is 251 Å². The average Bonchev–Trinajstić information content (AvgIpc) is 1.69. The summed E-state index contributed by atoms with van der Waals surface area (Å²) in [6.45, 7) is 9.84. The van der Waals surface area contributed by atoms with Gasteiger partial charge in [0, 0.05) is 0 Å². The van der Waals surface area contributed by atoms with Crippen LogP contribution in [-0.2, 0) is 56.9 Å². The summed E-state index contributed by atoms with van der Waals surface area (Å²) >= 11 is 0. The highest BCUT2D eigenvalue weighted by Gasteiger charge is 2.65. The van der Waals surface area contributed by atoms with E-state index in [9.17, 15) is 97.0 Å². The molecule has 514 valence electrons. The molecule has 0 spiro atoms. The predicted molar refractivity (Wildman–Crippen MR) is 293 cm³/mol. The molecule has 0 aromatic carbocycles. The first kappa shape index (κ1) is 71.3. The zero-order chi connectivity index (χ0) is 65.3. The zero-order valence-corrected chi connectivity index (χ0v) is 50.5. The number of hydrogen-bond acceptors (Lipinski definition) is 31. The van der Waals surface area contributed by atoms with Crippen LogP contribution >= 0.6 is 0 Å². The first-order valence-corrected chi connectivity index (χ1v) is 30.9. The van der Waals surface area contributed by atoms with Crippen molar-refractivity contribution >= 4 is 5.97 Å². The summed E-state index contributed by atoms with van der Waals surface area (Å²) in [6.07, 6.45) is -48.7. The number of rotatable bonds is 17. The largest absolute Gasteiger partial charge is 0.432 e. The van der Waals surface area contributed by atoms with Crippen molar-refractivity contribution in [2.75, 3.05) is 33.0 Å². The summed E-state index contributed by atoms with van der Waals surface area (Å²) in [7, 11) is 0. The van der Waals surface area contributed by atoms with Crippen molar-refractivity contribution in [1.82, 2.24) is 0 Å². The molecule has 31 unspecified atom stereocenters. The Labute approximate surface area is 513 Å². The number of carbonyl (C=O) groups is 1. The van der Waals surface area contributed by atoms with E-state index in [0.717, 1.165) is 5.57 Å². The minimum atomic E-state index is -2.07. The summed E-state index contributed by atoms with van der Waals surface area (Å²) in [5, 5.41) is 205. The summed E-state index contributed by atoms with van der Waals surface area (Å²) in [5.41, 5.74) is -2.50. The van der Waals surface area contributed by atoms with Gasteiger partial charge in [0.2, 0.25) is 6.29 Å². The van der Waals surface area contributed by atoms with Crippen molar-refractivity contribution in [2.45, 2.75) is 276 Å². The number of fused-ring (bicyclic) bond motifs is 3. The van der Waals surface area contributed by atoms with E-state index in [1.54, 1.807) is 6.92 Å². The zero-order valence-electron chi connectivity index (χ0n) is 50.5. The van der Waals surface area contributed by atoms with Crippen molar-refractivity contribution in [1.29, 1.82) is 0 Å². The van der Waals surface area contributed by atoms with Crippen molar-refractivity contribution in [3.8, 4) is 0 Å². The van der Waals surface area contributed by atoms with E-state index in [-0.39, 0.29) is 12.3 Å². The molecule has 0 amide bonds. The summed E-state index contributed by atoms with van der Waals surface area (Å²) in [6, 6.07) is 0. The lowest BCUT2D eigenvalue weighted by Gasteiger charge is -2.62. The van der Waals surface area contributed by atoms with Crippen molar-refractivity contribution in [3.05, 3.63) is 12.2 Å². The quantitative estimate of drug-likeness (QED) is 0.0475. The third kappa shape index (κ3) is 13.3. The molecule has 31 nitrogen and oxygen atoms in total. The van der Waals surface area contributed by atoms with Gasteiger partial charge in [-0.2, -0.15) is 0 Å². The Hall–Kier alpha value is -1.95. The van der Waals surface area contributed by atoms with E-state index in [2.05, 4.69) is 20.4 Å². The molecule has 6 aliphatic heterocycles. The van der Waals surface area contributed by atoms with Crippen LogP contribution in [0.3, 0.4) is 0 Å². The second-order valence-electron chi connectivity index (χ2n) is 27.3. The van der Waals surface area contributed by atoms with Crippen molar-refractivity contribution < 1.29 is 154 Å². The smallest absolute Gasteiger partial charge is 0.314 e.